The van der Waals surface area contributed by atoms with E-state index in [1.54, 1.807) is 6.42 Å². The molecule has 2 saturated carbocycles. The standard InChI is InChI=1S/C11H19N/c1-12-6-5-8-7-11(12)10-4-2-3-9(8)10/h8-11H,2-7H2,1H3. The number of fused-ring (bicyclic) bond motifs is 5. The first kappa shape index (κ1) is 7.37. The van der Waals surface area contributed by atoms with Gasteiger partial charge in [-0.2, -0.15) is 0 Å². The molecule has 0 aromatic carbocycles. The highest BCUT2D eigenvalue weighted by atomic mass is 15.2. The van der Waals surface area contributed by atoms with Crippen molar-refractivity contribution in [1.82, 2.24) is 4.90 Å². The molecule has 0 amide bonds. The highest BCUT2D eigenvalue weighted by Crippen LogP contribution is 2.52. The summed E-state index contributed by atoms with van der Waals surface area (Å²) >= 11 is 0. The normalized spacial score (nSPS) is 52.8. The summed E-state index contributed by atoms with van der Waals surface area (Å²) < 4.78 is 0. The summed E-state index contributed by atoms with van der Waals surface area (Å²) in [7, 11) is 2.33. The second-order valence-electron chi connectivity index (χ2n) is 5.09. The lowest BCUT2D eigenvalue weighted by atomic mass is 9.90. The summed E-state index contributed by atoms with van der Waals surface area (Å²) in [4.78, 5) is 2.63. The van der Waals surface area contributed by atoms with E-state index in [4.69, 9.17) is 0 Å². The molecule has 1 heterocycles. The van der Waals surface area contributed by atoms with Crippen molar-refractivity contribution in [1.29, 1.82) is 0 Å². The van der Waals surface area contributed by atoms with Gasteiger partial charge < -0.3 is 4.90 Å². The Balaban J connectivity index is 1.88. The van der Waals surface area contributed by atoms with Crippen molar-refractivity contribution in [3.8, 4) is 0 Å². The van der Waals surface area contributed by atoms with E-state index in [1.807, 2.05) is 0 Å². The van der Waals surface area contributed by atoms with E-state index in [9.17, 15) is 0 Å². The minimum atomic E-state index is 0.983. The SMILES string of the molecule is CN1CCC2CC1C1CCCC21. The highest BCUT2D eigenvalue weighted by molar-refractivity contribution is 5.01. The molecular formula is C11H19N. The van der Waals surface area contributed by atoms with Crippen molar-refractivity contribution in [2.24, 2.45) is 17.8 Å². The van der Waals surface area contributed by atoms with E-state index in [0.717, 1.165) is 23.8 Å². The summed E-state index contributed by atoms with van der Waals surface area (Å²) in [5.74, 6) is 3.36. The van der Waals surface area contributed by atoms with Crippen LogP contribution < -0.4 is 0 Å². The van der Waals surface area contributed by atoms with Crippen molar-refractivity contribution in [2.75, 3.05) is 13.6 Å². The maximum absolute atomic E-state index is 2.63. The molecule has 1 heteroatoms. The molecular weight excluding hydrogens is 146 g/mol. The number of piperidine rings is 1. The fourth-order valence-corrected chi connectivity index (χ4v) is 4.11. The van der Waals surface area contributed by atoms with Gasteiger partial charge in [0, 0.05) is 6.04 Å². The van der Waals surface area contributed by atoms with Gasteiger partial charge in [0.2, 0.25) is 0 Å². The maximum Gasteiger partial charge on any atom is 0.0126 e. The Hall–Kier alpha value is -0.0400. The number of rotatable bonds is 0. The zero-order chi connectivity index (χ0) is 8.13. The van der Waals surface area contributed by atoms with Gasteiger partial charge >= 0.3 is 0 Å². The lowest BCUT2D eigenvalue weighted by Gasteiger charge is -2.32. The van der Waals surface area contributed by atoms with Crippen LogP contribution >= 0.6 is 0 Å². The minimum Gasteiger partial charge on any atom is -0.303 e. The lowest BCUT2D eigenvalue weighted by Crippen LogP contribution is -2.37. The monoisotopic (exact) mass is 165 g/mol. The number of hydrogen-bond donors (Lipinski definition) is 0. The zero-order valence-corrected chi connectivity index (χ0v) is 8.00. The van der Waals surface area contributed by atoms with E-state index in [0.29, 0.717) is 0 Å². The third-order valence-electron chi connectivity index (χ3n) is 4.69. The second kappa shape index (κ2) is 2.47. The van der Waals surface area contributed by atoms with Crippen LogP contribution in [0.15, 0.2) is 0 Å². The Kier molecular flexibility index (Phi) is 1.52. The zero-order valence-electron chi connectivity index (χ0n) is 8.00. The largest absolute Gasteiger partial charge is 0.303 e. The molecule has 0 spiro atoms. The van der Waals surface area contributed by atoms with E-state index in [-0.39, 0.29) is 0 Å². The first-order valence-electron chi connectivity index (χ1n) is 5.56. The van der Waals surface area contributed by atoms with Gasteiger partial charge in [-0.15, -0.1) is 0 Å². The van der Waals surface area contributed by atoms with Crippen molar-refractivity contribution in [3.05, 3.63) is 0 Å². The van der Waals surface area contributed by atoms with Gasteiger partial charge in [-0.3, -0.25) is 0 Å². The molecule has 3 rings (SSSR count). The van der Waals surface area contributed by atoms with Crippen LogP contribution in [0.25, 0.3) is 0 Å². The number of likely N-dealkylation sites (tertiary alicyclic amines) is 1. The molecule has 1 nitrogen and oxygen atoms in total. The van der Waals surface area contributed by atoms with E-state index in [2.05, 4.69) is 11.9 Å². The lowest BCUT2D eigenvalue weighted by molar-refractivity contribution is 0.165. The molecule has 0 aromatic rings. The fourth-order valence-electron chi connectivity index (χ4n) is 4.11. The van der Waals surface area contributed by atoms with Crippen molar-refractivity contribution < 1.29 is 0 Å². The molecule has 3 fully saturated rings. The average molecular weight is 165 g/mol. The Bertz CT molecular complexity index is 189. The Morgan fingerprint density at radius 2 is 1.92 bits per heavy atom. The molecule has 3 aliphatic rings. The smallest absolute Gasteiger partial charge is 0.0126 e. The molecule has 68 valence electrons. The molecule has 2 bridgehead atoms. The van der Waals surface area contributed by atoms with Crippen LogP contribution in [0.3, 0.4) is 0 Å². The minimum absolute atomic E-state index is 0.983. The number of hydrogen-bond acceptors (Lipinski definition) is 1. The molecule has 4 unspecified atom stereocenters. The highest BCUT2D eigenvalue weighted by Gasteiger charge is 2.48. The third kappa shape index (κ3) is 0.834. The predicted molar refractivity (Wildman–Crippen MR) is 50.0 cm³/mol. The van der Waals surface area contributed by atoms with Crippen molar-refractivity contribution >= 4 is 0 Å². The van der Waals surface area contributed by atoms with E-state index < -0.39 is 0 Å². The molecule has 1 saturated heterocycles. The van der Waals surface area contributed by atoms with Gasteiger partial charge in [0.1, 0.15) is 0 Å². The van der Waals surface area contributed by atoms with Gasteiger partial charge in [-0.05, 0) is 57.0 Å². The van der Waals surface area contributed by atoms with Crippen LogP contribution in [-0.4, -0.2) is 24.5 Å². The Morgan fingerprint density at radius 1 is 1.08 bits per heavy atom. The van der Waals surface area contributed by atoms with Crippen LogP contribution in [0.5, 0.6) is 0 Å². The van der Waals surface area contributed by atoms with E-state index in [1.165, 1.54) is 32.2 Å². The summed E-state index contributed by atoms with van der Waals surface area (Å²) in [6.45, 7) is 1.38. The molecule has 0 radical (unpaired) electrons. The quantitative estimate of drug-likeness (QED) is 0.531. The van der Waals surface area contributed by atoms with Crippen LogP contribution in [-0.2, 0) is 0 Å². The van der Waals surface area contributed by atoms with Crippen molar-refractivity contribution in [3.63, 3.8) is 0 Å². The van der Waals surface area contributed by atoms with Gasteiger partial charge in [-0.1, -0.05) is 6.42 Å². The maximum atomic E-state index is 2.63. The van der Waals surface area contributed by atoms with Gasteiger partial charge in [0.25, 0.3) is 0 Å². The Morgan fingerprint density at radius 3 is 2.83 bits per heavy atom. The topological polar surface area (TPSA) is 3.24 Å². The van der Waals surface area contributed by atoms with Crippen molar-refractivity contribution in [2.45, 2.75) is 38.1 Å². The van der Waals surface area contributed by atoms with E-state index >= 15 is 0 Å². The first-order chi connectivity index (χ1) is 5.86. The molecule has 0 aromatic heterocycles. The molecule has 1 aliphatic heterocycles. The van der Waals surface area contributed by atoms with Gasteiger partial charge in [0.15, 0.2) is 0 Å². The van der Waals surface area contributed by atoms with Gasteiger partial charge in [0.05, 0.1) is 0 Å². The van der Waals surface area contributed by atoms with Crippen LogP contribution in [0.1, 0.15) is 32.1 Å². The molecule has 12 heavy (non-hydrogen) atoms. The average Bonchev–Trinajstić information content (AvgIpc) is 2.59. The first-order valence-corrected chi connectivity index (χ1v) is 5.56. The third-order valence-corrected chi connectivity index (χ3v) is 4.69. The van der Waals surface area contributed by atoms with Crippen LogP contribution in [0, 0.1) is 17.8 Å². The van der Waals surface area contributed by atoms with Crippen LogP contribution in [0.4, 0.5) is 0 Å². The molecule has 2 aliphatic carbocycles. The molecule has 4 atom stereocenters. The van der Waals surface area contributed by atoms with Gasteiger partial charge in [-0.25, -0.2) is 0 Å². The molecule has 0 N–H and O–H groups in total. The summed E-state index contributed by atoms with van der Waals surface area (Å²) in [6, 6.07) is 0.983. The fraction of sp³-hybridized carbons (Fsp3) is 1.00. The second-order valence-corrected chi connectivity index (χ2v) is 5.09. The van der Waals surface area contributed by atoms with Crippen LogP contribution in [0.2, 0.25) is 0 Å². The summed E-state index contributed by atoms with van der Waals surface area (Å²) in [6.07, 6.45) is 7.64. The summed E-state index contributed by atoms with van der Waals surface area (Å²) in [5, 5.41) is 0. The predicted octanol–water partition coefficient (Wildman–Crippen LogP) is 2.13. The Labute approximate surface area is 75.1 Å². The summed E-state index contributed by atoms with van der Waals surface area (Å²) in [5.41, 5.74) is 0. The number of nitrogens with zero attached hydrogens (tertiary/aromatic N) is 1.